The fourth-order valence-corrected chi connectivity index (χ4v) is 5.19. The van der Waals surface area contributed by atoms with Crippen LogP contribution >= 0.6 is 0 Å². The maximum atomic E-state index is 14.4. The third kappa shape index (κ3) is 7.55. The highest BCUT2D eigenvalue weighted by Gasteiger charge is 2.34. The molecule has 0 bridgehead atoms. The summed E-state index contributed by atoms with van der Waals surface area (Å²) in [5.74, 6) is -3.91. The SMILES string of the molecule is C/C=C/CCc1ccc(-c2ccc(C3CCC(c4cc(F)c(OC(F)(F)C=C(F)F)c(F)c4)CC3)cc2)cc1. The fourth-order valence-electron chi connectivity index (χ4n) is 5.19. The van der Waals surface area contributed by atoms with Gasteiger partial charge in [-0.2, -0.15) is 17.6 Å². The van der Waals surface area contributed by atoms with Gasteiger partial charge in [-0.3, -0.25) is 0 Å². The molecule has 3 aromatic rings. The second-order valence-corrected chi connectivity index (χ2v) is 9.89. The quantitative estimate of drug-likeness (QED) is 0.192. The van der Waals surface area contributed by atoms with Crippen molar-refractivity contribution in [1.29, 1.82) is 0 Å². The number of allylic oxidation sites excluding steroid dienone is 2. The molecule has 0 saturated heterocycles. The fraction of sp³-hybridized carbons (Fsp3) is 0.312. The van der Waals surface area contributed by atoms with Crippen LogP contribution in [-0.2, 0) is 6.42 Å². The topological polar surface area (TPSA) is 9.23 Å². The summed E-state index contributed by atoms with van der Waals surface area (Å²) in [6.07, 6.45) is 1.18. The summed E-state index contributed by atoms with van der Waals surface area (Å²) in [6.45, 7) is 2.02. The Balaban J connectivity index is 1.36. The predicted octanol–water partition coefficient (Wildman–Crippen LogP) is 10.3. The van der Waals surface area contributed by atoms with Gasteiger partial charge in [-0.05, 0) is 97.2 Å². The normalized spacial score (nSPS) is 17.8. The number of benzene rings is 3. The average molecular weight is 545 g/mol. The lowest BCUT2D eigenvalue weighted by Crippen LogP contribution is -2.23. The number of halogens is 6. The summed E-state index contributed by atoms with van der Waals surface area (Å²) in [7, 11) is 0. The van der Waals surface area contributed by atoms with Crippen molar-refractivity contribution >= 4 is 0 Å². The molecule has 0 radical (unpaired) electrons. The monoisotopic (exact) mass is 544 g/mol. The molecule has 0 spiro atoms. The maximum Gasteiger partial charge on any atom is 0.425 e. The van der Waals surface area contributed by atoms with Gasteiger partial charge in [0.2, 0.25) is 0 Å². The molecule has 1 saturated carbocycles. The molecule has 0 heterocycles. The first-order valence-corrected chi connectivity index (χ1v) is 13.0. The highest BCUT2D eigenvalue weighted by Crippen LogP contribution is 2.42. The predicted molar refractivity (Wildman–Crippen MR) is 141 cm³/mol. The zero-order valence-corrected chi connectivity index (χ0v) is 21.6. The van der Waals surface area contributed by atoms with Crippen LogP contribution in [0.3, 0.4) is 0 Å². The second-order valence-electron chi connectivity index (χ2n) is 9.89. The van der Waals surface area contributed by atoms with Crippen LogP contribution < -0.4 is 4.74 Å². The Morgan fingerprint density at radius 2 is 1.33 bits per heavy atom. The summed E-state index contributed by atoms with van der Waals surface area (Å²) < 4.78 is 84.0. The first-order chi connectivity index (χ1) is 18.6. The van der Waals surface area contributed by atoms with Gasteiger partial charge < -0.3 is 4.74 Å². The van der Waals surface area contributed by atoms with Crippen molar-refractivity contribution in [3.63, 3.8) is 0 Å². The lowest BCUT2D eigenvalue weighted by Gasteiger charge is -2.29. The van der Waals surface area contributed by atoms with Crippen LogP contribution in [0.25, 0.3) is 11.1 Å². The molecule has 0 aromatic heterocycles. The highest BCUT2D eigenvalue weighted by atomic mass is 19.3. The molecule has 39 heavy (non-hydrogen) atoms. The first-order valence-electron chi connectivity index (χ1n) is 13.0. The van der Waals surface area contributed by atoms with E-state index in [4.69, 9.17) is 0 Å². The number of ether oxygens (including phenoxy) is 1. The average Bonchev–Trinajstić information content (AvgIpc) is 2.91. The highest BCUT2D eigenvalue weighted by molar-refractivity contribution is 5.64. The van der Waals surface area contributed by atoms with Crippen molar-refractivity contribution in [2.24, 2.45) is 0 Å². The van der Waals surface area contributed by atoms with Gasteiger partial charge in [-0.1, -0.05) is 60.7 Å². The summed E-state index contributed by atoms with van der Waals surface area (Å²) in [5.41, 5.74) is 5.14. The number of rotatable bonds is 9. The summed E-state index contributed by atoms with van der Waals surface area (Å²) in [4.78, 5) is 0. The van der Waals surface area contributed by atoms with Gasteiger partial charge in [0.05, 0.1) is 6.08 Å². The molecule has 0 amide bonds. The molecule has 7 heteroatoms. The molecular weight excluding hydrogens is 514 g/mol. The molecule has 0 N–H and O–H groups in total. The van der Waals surface area contributed by atoms with Crippen LogP contribution in [0.5, 0.6) is 5.75 Å². The van der Waals surface area contributed by atoms with Crippen molar-refractivity contribution in [3.8, 4) is 16.9 Å². The first kappa shape index (κ1) is 28.5. The minimum atomic E-state index is -4.54. The van der Waals surface area contributed by atoms with E-state index in [2.05, 4.69) is 65.4 Å². The Bertz CT molecular complexity index is 1280. The Hall–Kier alpha value is -3.48. The van der Waals surface area contributed by atoms with Crippen LogP contribution in [-0.4, -0.2) is 6.11 Å². The lowest BCUT2D eigenvalue weighted by atomic mass is 9.76. The Morgan fingerprint density at radius 1 is 0.821 bits per heavy atom. The smallest absolute Gasteiger partial charge is 0.423 e. The molecule has 1 aliphatic carbocycles. The van der Waals surface area contributed by atoms with Crippen molar-refractivity contribution in [2.75, 3.05) is 0 Å². The minimum absolute atomic E-state index is 0.145. The summed E-state index contributed by atoms with van der Waals surface area (Å²) in [6, 6.07) is 19.0. The Morgan fingerprint density at radius 3 is 1.85 bits per heavy atom. The van der Waals surface area contributed by atoms with Crippen molar-refractivity contribution in [3.05, 3.63) is 113 Å². The Kier molecular flexibility index (Phi) is 9.20. The summed E-state index contributed by atoms with van der Waals surface area (Å²) >= 11 is 0. The number of hydrogen-bond donors (Lipinski definition) is 0. The third-order valence-electron chi connectivity index (χ3n) is 7.24. The summed E-state index contributed by atoms with van der Waals surface area (Å²) in [5, 5.41) is 0. The third-order valence-corrected chi connectivity index (χ3v) is 7.24. The van der Waals surface area contributed by atoms with Gasteiger partial charge >= 0.3 is 6.11 Å². The molecule has 1 nitrogen and oxygen atoms in total. The van der Waals surface area contributed by atoms with E-state index in [0.717, 1.165) is 48.9 Å². The van der Waals surface area contributed by atoms with Gasteiger partial charge in [0.15, 0.2) is 17.4 Å². The lowest BCUT2D eigenvalue weighted by molar-refractivity contribution is -0.137. The van der Waals surface area contributed by atoms with Gasteiger partial charge in [0.1, 0.15) is 0 Å². The standard InChI is InChI=1S/C32H30F6O/c1-2-3-4-5-21-6-8-22(9-7-21)23-10-12-24(13-11-23)25-14-16-26(17-15-25)27-18-28(33)31(29(34)19-27)39-32(37,38)20-30(35)36/h2-3,6-13,18-20,25-26H,4-5,14-17H2,1H3/b3-2+. The van der Waals surface area contributed by atoms with Crippen LogP contribution in [0.4, 0.5) is 26.3 Å². The van der Waals surface area contributed by atoms with Gasteiger partial charge in [0, 0.05) is 0 Å². The van der Waals surface area contributed by atoms with Crippen molar-refractivity contribution in [2.45, 2.75) is 63.4 Å². The molecule has 0 unspecified atom stereocenters. The van der Waals surface area contributed by atoms with Gasteiger partial charge in [-0.15, -0.1) is 0 Å². The van der Waals surface area contributed by atoms with Gasteiger partial charge in [-0.25, -0.2) is 8.78 Å². The van der Waals surface area contributed by atoms with E-state index in [-0.39, 0.29) is 5.92 Å². The van der Waals surface area contributed by atoms with Crippen LogP contribution in [0.1, 0.15) is 67.6 Å². The minimum Gasteiger partial charge on any atom is -0.423 e. The van der Waals surface area contributed by atoms with Crippen molar-refractivity contribution < 1.29 is 31.1 Å². The largest absolute Gasteiger partial charge is 0.425 e. The van der Waals surface area contributed by atoms with E-state index < -0.39 is 35.6 Å². The van der Waals surface area contributed by atoms with E-state index in [1.807, 2.05) is 6.92 Å². The van der Waals surface area contributed by atoms with Crippen LogP contribution in [0, 0.1) is 11.6 Å². The number of alkyl halides is 2. The van der Waals surface area contributed by atoms with E-state index >= 15 is 0 Å². The van der Waals surface area contributed by atoms with E-state index in [1.54, 1.807) is 0 Å². The zero-order valence-electron chi connectivity index (χ0n) is 21.6. The Labute approximate surface area is 224 Å². The van der Waals surface area contributed by atoms with E-state index in [0.29, 0.717) is 24.3 Å². The van der Waals surface area contributed by atoms with Crippen LogP contribution in [0.2, 0.25) is 0 Å². The van der Waals surface area contributed by atoms with E-state index in [9.17, 15) is 26.3 Å². The number of hydrogen-bond acceptors (Lipinski definition) is 1. The molecule has 4 rings (SSSR count). The van der Waals surface area contributed by atoms with Crippen molar-refractivity contribution in [1.82, 2.24) is 0 Å². The molecule has 3 aromatic carbocycles. The zero-order chi connectivity index (χ0) is 28.0. The van der Waals surface area contributed by atoms with E-state index in [1.165, 1.54) is 11.1 Å². The molecule has 0 aliphatic heterocycles. The molecule has 206 valence electrons. The molecule has 1 aliphatic rings. The number of aryl methyl sites for hydroxylation is 1. The molecular formula is C32H30F6O. The molecule has 0 atom stereocenters. The molecule has 1 fully saturated rings. The van der Waals surface area contributed by atoms with Gasteiger partial charge in [0.25, 0.3) is 6.08 Å². The van der Waals surface area contributed by atoms with Crippen LogP contribution in [0.15, 0.2) is 85.0 Å². The second kappa shape index (κ2) is 12.6. The maximum absolute atomic E-state index is 14.4.